The summed E-state index contributed by atoms with van der Waals surface area (Å²) in [6.07, 6.45) is 2.97. The van der Waals surface area contributed by atoms with Crippen LogP contribution in [-0.4, -0.2) is 41.5 Å². The highest BCUT2D eigenvalue weighted by Crippen LogP contribution is 2.22. The van der Waals surface area contributed by atoms with E-state index in [1.165, 1.54) is 23.2 Å². The molecule has 9 nitrogen and oxygen atoms in total. The number of ketones is 1. The minimum absolute atomic E-state index is 0.156. The molecule has 0 saturated carbocycles. The monoisotopic (exact) mass is 412 g/mol. The van der Waals surface area contributed by atoms with Gasteiger partial charge in [-0.25, -0.2) is 4.79 Å². The first-order chi connectivity index (χ1) is 14.0. The van der Waals surface area contributed by atoms with Crippen molar-refractivity contribution in [3.63, 3.8) is 0 Å². The number of allylic oxidation sites excluding steroid dienone is 1. The largest absolute Gasteiger partial charge is 0.443 e. The Morgan fingerprint density at radius 2 is 1.67 bits per heavy atom. The number of carbonyl (C=O) groups excluding carboxylic acids is 2. The molecule has 2 aromatic rings. The first-order valence-corrected chi connectivity index (χ1v) is 9.10. The Kier molecular flexibility index (Phi) is 6.89. The molecule has 0 unspecified atom stereocenters. The highest BCUT2D eigenvalue weighted by molar-refractivity contribution is 6.05. The second-order valence-electron chi connectivity index (χ2n) is 7.60. The molecular formula is C21H24N4O5. The van der Waals surface area contributed by atoms with Crippen molar-refractivity contribution in [3.8, 4) is 0 Å². The fraction of sp³-hybridized carbons (Fsp3) is 0.286. The Labute approximate surface area is 174 Å². The minimum atomic E-state index is -0.723. The molecule has 0 radical (unpaired) electrons. The molecule has 30 heavy (non-hydrogen) atoms. The quantitative estimate of drug-likeness (QED) is 0.303. The van der Waals surface area contributed by atoms with Gasteiger partial charge >= 0.3 is 11.9 Å². The van der Waals surface area contributed by atoms with Crippen molar-refractivity contribution in [2.45, 2.75) is 26.4 Å². The molecule has 0 aliphatic carbocycles. The SMILES string of the molecule is CN(C)c1ccc(N(/C=C/C(=O)c2ccc([N+](=O)[O-])nc2)C(=O)OC(C)(C)C)cc1. The van der Waals surface area contributed by atoms with Crippen LogP contribution in [-0.2, 0) is 4.74 Å². The van der Waals surface area contributed by atoms with Gasteiger partial charge < -0.3 is 19.8 Å². The number of nitrogens with zero attached hydrogens (tertiary/aromatic N) is 4. The smallest absolute Gasteiger partial charge is 0.418 e. The molecule has 2 rings (SSSR count). The van der Waals surface area contributed by atoms with Gasteiger partial charge in [-0.15, -0.1) is 0 Å². The summed E-state index contributed by atoms with van der Waals surface area (Å²) in [5, 5.41) is 10.7. The number of hydrogen-bond acceptors (Lipinski definition) is 7. The van der Waals surface area contributed by atoms with Crippen molar-refractivity contribution < 1.29 is 19.2 Å². The van der Waals surface area contributed by atoms with Crippen LogP contribution in [0.3, 0.4) is 0 Å². The predicted octanol–water partition coefficient (Wildman–Crippen LogP) is 4.19. The summed E-state index contributed by atoms with van der Waals surface area (Å²) >= 11 is 0. The maximum atomic E-state index is 12.7. The van der Waals surface area contributed by atoms with Crippen molar-refractivity contribution in [3.05, 3.63) is 70.5 Å². The first kappa shape index (κ1) is 22.5. The van der Waals surface area contributed by atoms with Gasteiger partial charge in [-0.05, 0) is 61.0 Å². The van der Waals surface area contributed by atoms with E-state index in [0.29, 0.717) is 5.69 Å². The van der Waals surface area contributed by atoms with Gasteiger partial charge in [-0.2, -0.15) is 0 Å². The molecule has 1 amide bonds. The fourth-order valence-corrected chi connectivity index (χ4v) is 2.35. The lowest BCUT2D eigenvalue weighted by Gasteiger charge is -2.25. The maximum absolute atomic E-state index is 12.7. The molecule has 0 fully saturated rings. The Balaban J connectivity index is 2.30. The van der Waals surface area contributed by atoms with Gasteiger partial charge in [0.15, 0.2) is 12.0 Å². The molecule has 1 heterocycles. The van der Waals surface area contributed by atoms with Gasteiger partial charge in [-0.3, -0.25) is 9.69 Å². The van der Waals surface area contributed by atoms with Crippen molar-refractivity contribution in [1.29, 1.82) is 0 Å². The van der Waals surface area contributed by atoms with Gasteiger partial charge in [0.1, 0.15) is 5.60 Å². The molecule has 0 saturated heterocycles. The van der Waals surface area contributed by atoms with Crippen LogP contribution in [0.2, 0.25) is 0 Å². The normalized spacial score (nSPS) is 11.2. The summed E-state index contributed by atoms with van der Waals surface area (Å²) < 4.78 is 5.44. The highest BCUT2D eigenvalue weighted by Gasteiger charge is 2.22. The molecule has 0 aliphatic rings. The summed E-state index contributed by atoms with van der Waals surface area (Å²) in [5.74, 6) is -0.817. The van der Waals surface area contributed by atoms with Crippen LogP contribution in [0.5, 0.6) is 0 Å². The Morgan fingerprint density at radius 1 is 1.07 bits per heavy atom. The number of rotatable bonds is 6. The van der Waals surface area contributed by atoms with Gasteiger partial charge in [0.25, 0.3) is 0 Å². The summed E-state index contributed by atoms with van der Waals surface area (Å²) in [7, 11) is 3.80. The number of pyridine rings is 1. The van der Waals surface area contributed by atoms with Crippen molar-refractivity contribution >= 4 is 29.1 Å². The van der Waals surface area contributed by atoms with E-state index in [1.54, 1.807) is 32.9 Å². The third kappa shape index (κ3) is 6.13. The van der Waals surface area contributed by atoms with Gasteiger partial charge in [0.05, 0.1) is 11.3 Å². The predicted molar refractivity (Wildman–Crippen MR) is 114 cm³/mol. The molecular weight excluding hydrogens is 388 g/mol. The lowest BCUT2D eigenvalue weighted by Crippen LogP contribution is -2.33. The molecule has 0 aliphatic heterocycles. The van der Waals surface area contributed by atoms with Crippen molar-refractivity contribution in [1.82, 2.24) is 4.98 Å². The zero-order valence-corrected chi connectivity index (χ0v) is 17.5. The van der Waals surface area contributed by atoms with Crippen molar-refractivity contribution in [2.75, 3.05) is 23.9 Å². The molecule has 158 valence electrons. The topological polar surface area (TPSA) is 106 Å². The Bertz CT molecular complexity index is 945. The van der Waals surface area contributed by atoms with Crippen LogP contribution in [0.15, 0.2) is 54.9 Å². The van der Waals surface area contributed by atoms with E-state index >= 15 is 0 Å². The molecule has 0 atom stereocenters. The van der Waals surface area contributed by atoms with Crippen LogP contribution in [0.1, 0.15) is 31.1 Å². The number of amides is 1. The van der Waals surface area contributed by atoms with Gasteiger partial charge in [0, 0.05) is 38.1 Å². The number of hydrogen-bond donors (Lipinski definition) is 0. The van der Waals surface area contributed by atoms with E-state index in [0.717, 1.165) is 18.0 Å². The summed E-state index contributed by atoms with van der Waals surface area (Å²) in [6, 6.07) is 9.60. The van der Waals surface area contributed by atoms with Crippen molar-refractivity contribution in [2.24, 2.45) is 0 Å². The van der Waals surface area contributed by atoms with Crippen LogP contribution < -0.4 is 9.80 Å². The first-order valence-electron chi connectivity index (χ1n) is 9.10. The molecule has 0 N–H and O–H groups in total. The van der Waals surface area contributed by atoms with E-state index in [4.69, 9.17) is 4.74 Å². The molecule has 9 heteroatoms. The lowest BCUT2D eigenvalue weighted by atomic mass is 10.2. The van der Waals surface area contributed by atoms with Crippen LogP contribution in [0, 0.1) is 10.1 Å². The lowest BCUT2D eigenvalue weighted by molar-refractivity contribution is -0.389. The van der Waals surface area contributed by atoms with E-state index in [9.17, 15) is 19.7 Å². The third-order valence-electron chi connectivity index (χ3n) is 3.83. The van der Waals surface area contributed by atoms with E-state index in [1.807, 2.05) is 31.1 Å². The molecule has 0 bridgehead atoms. The van der Waals surface area contributed by atoms with E-state index in [-0.39, 0.29) is 11.4 Å². The number of anilines is 2. The Morgan fingerprint density at radius 3 is 2.13 bits per heavy atom. The average Bonchev–Trinajstić information content (AvgIpc) is 2.67. The fourth-order valence-electron chi connectivity index (χ4n) is 2.35. The summed E-state index contributed by atoms with van der Waals surface area (Å²) in [4.78, 5) is 41.9. The van der Waals surface area contributed by atoms with E-state index < -0.39 is 22.4 Å². The second-order valence-corrected chi connectivity index (χ2v) is 7.60. The van der Waals surface area contributed by atoms with Gasteiger partial charge in [0.2, 0.25) is 0 Å². The number of carbonyl (C=O) groups is 2. The average molecular weight is 412 g/mol. The molecule has 1 aromatic heterocycles. The maximum Gasteiger partial charge on any atom is 0.418 e. The number of nitro groups is 1. The standard InChI is InChI=1S/C21H24N4O5/c1-21(2,3)30-20(27)24(17-9-7-16(8-10-17)23(4)5)13-12-18(26)15-6-11-19(22-14-15)25(28)29/h6-14H,1-5H3/b13-12+. The molecule has 1 aromatic carbocycles. The zero-order chi connectivity index (χ0) is 22.5. The zero-order valence-electron chi connectivity index (χ0n) is 17.5. The summed E-state index contributed by atoms with van der Waals surface area (Å²) in [6.45, 7) is 5.24. The number of aromatic nitrogens is 1. The van der Waals surface area contributed by atoms with Crippen LogP contribution in [0.4, 0.5) is 22.0 Å². The molecule has 0 spiro atoms. The van der Waals surface area contributed by atoms with E-state index in [2.05, 4.69) is 4.98 Å². The van der Waals surface area contributed by atoms with Crippen LogP contribution in [0.25, 0.3) is 0 Å². The van der Waals surface area contributed by atoms with Gasteiger partial charge in [-0.1, -0.05) is 0 Å². The minimum Gasteiger partial charge on any atom is -0.443 e. The number of benzene rings is 1. The number of ether oxygens (including phenoxy) is 1. The second kappa shape index (κ2) is 9.17. The summed E-state index contributed by atoms with van der Waals surface area (Å²) in [5.41, 5.74) is 0.892. The highest BCUT2D eigenvalue weighted by atomic mass is 16.6. The Hall–Kier alpha value is -3.75. The third-order valence-corrected chi connectivity index (χ3v) is 3.83. The van der Waals surface area contributed by atoms with Crippen LogP contribution >= 0.6 is 0 Å².